The number of aliphatic carboxylic acids is 1. The number of benzene rings is 1. The molecule has 1 aromatic rings. The number of nitrogens with zero attached hydrogens (tertiary/aromatic N) is 1. The third-order valence-corrected chi connectivity index (χ3v) is 4.73. The summed E-state index contributed by atoms with van der Waals surface area (Å²) in [5.41, 5.74) is 0.306. The van der Waals surface area contributed by atoms with Crippen molar-refractivity contribution in [3.05, 3.63) is 35.4 Å². The van der Waals surface area contributed by atoms with Crippen molar-refractivity contribution in [1.29, 1.82) is 0 Å². The minimum absolute atomic E-state index is 0.167. The topological polar surface area (TPSA) is 86.7 Å². The van der Waals surface area contributed by atoms with Crippen LogP contribution in [0.1, 0.15) is 48.0 Å². The van der Waals surface area contributed by atoms with Crippen molar-refractivity contribution in [1.82, 2.24) is 10.2 Å². The third kappa shape index (κ3) is 3.06. The van der Waals surface area contributed by atoms with E-state index in [0.29, 0.717) is 31.4 Å². The van der Waals surface area contributed by atoms with E-state index < -0.39 is 11.5 Å². The first-order valence-electron chi connectivity index (χ1n) is 7.93. The highest BCUT2D eigenvalue weighted by Crippen LogP contribution is 2.32. The van der Waals surface area contributed by atoms with Gasteiger partial charge in [0, 0.05) is 25.1 Å². The first-order chi connectivity index (χ1) is 11.0. The molecular weight excluding hydrogens is 296 g/mol. The van der Waals surface area contributed by atoms with Crippen molar-refractivity contribution in [2.24, 2.45) is 0 Å². The van der Waals surface area contributed by atoms with E-state index >= 15 is 0 Å². The molecule has 1 saturated carbocycles. The molecule has 23 heavy (non-hydrogen) atoms. The Morgan fingerprint density at radius 3 is 2.35 bits per heavy atom. The van der Waals surface area contributed by atoms with E-state index in [2.05, 4.69) is 5.32 Å². The molecule has 0 atom stereocenters. The number of amides is 2. The summed E-state index contributed by atoms with van der Waals surface area (Å²) in [7, 11) is 0. The van der Waals surface area contributed by atoms with Crippen molar-refractivity contribution in [2.45, 2.75) is 44.2 Å². The maximum atomic E-state index is 12.2. The fourth-order valence-electron chi connectivity index (χ4n) is 3.07. The Balaban J connectivity index is 1.63. The predicted octanol–water partition coefficient (Wildman–Crippen LogP) is 1.55. The lowest BCUT2D eigenvalue weighted by Gasteiger charge is -2.38. The molecule has 6 heteroatoms. The number of nitrogens with one attached hydrogen (secondary N) is 1. The quantitative estimate of drug-likeness (QED) is 0.863. The Morgan fingerprint density at radius 2 is 1.87 bits per heavy atom. The summed E-state index contributed by atoms with van der Waals surface area (Å²) in [6.07, 6.45) is 3.27. The van der Waals surface area contributed by atoms with Gasteiger partial charge in [-0.05, 0) is 43.4 Å². The van der Waals surface area contributed by atoms with Gasteiger partial charge in [0.1, 0.15) is 5.54 Å². The second-order valence-electron chi connectivity index (χ2n) is 6.31. The molecule has 0 radical (unpaired) electrons. The number of likely N-dealkylation sites (tertiary alicyclic amines) is 1. The van der Waals surface area contributed by atoms with Crippen molar-refractivity contribution in [3.63, 3.8) is 0 Å². The fraction of sp³-hybridized carbons (Fsp3) is 0.471. The summed E-state index contributed by atoms with van der Waals surface area (Å²) >= 11 is 0. The van der Waals surface area contributed by atoms with E-state index in [1.807, 2.05) is 17.0 Å². The van der Waals surface area contributed by atoms with E-state index in [-0.39, 0.29) is 11.8 Å². The van der Waals surface area contributed by atoms with E-state index in [9.17, 15) is 19.5 Å². The van der Waals surface area contributed by atoms with Crippen LogP contribution < -0.4 is 5.32 Å². The van der Waals surface area contributed by atoms with Crippen LogP contribution in [-0.4, -0.2) is 39.9 Å². The molecule has 1 aliphatic heterocycles. The number of hydrogen-bond donors (Lipinski definition) is 2. The Bertz CT molecular complexity index is 634. The van der Waals surface area contributed by atoms with Crippen LogP contribution >= 0.6 is 0 Å². The summed E-state index contributed by atoms with van der Waals surface area (Å²) in [5, 5.41) is 11.9. The van der Waals surface area contributed by atoms with Crippen LogP contribution in [0.3, 0.4) is 0 Å². The molecule has 2 fully saturated rings. The molecule has 0 bridgehead atoms. The van der Waals surface area contributed by atoms with Crippen LogP contribution in [-0.2, 0) is 16.1 Å². The van der Waals surface area contributed by atoms with Crippen LogP contribution in [0.5, 0.6) is 0 Å². The van der Waals surface area contributed by atoms with Gasteiger partial charge < -0.3 is 15.3 Å². The molecule has 0 spiro atoms. The van der Waals surface area contributed by atoms with Gasteiger partial charge in [0.05, 0.1) is 0 Å². The molecule has 122 valence electrons. The molecule has 3 rings (SSSR count). The lowest BCUT2D eigenvalue weighted by molar-refractivity contribution is -0.148. The molecular formula is C17H20N2O4. The molecule has 0 unspecified atom stereocenters. The van der Waals surface area contributed by atoms with Crippen molar-refractivity contribution in [2.75, 3.05) is 6.54 Å². The zero-order chi connectivity index (χ0) is 16.4. The second-order valence-corrected chi connectivity index (χ2v) is 6.31. The van der Waals surface area contributed by atoms with Gasteiger partial charge in [-0.15, -0.1) is 0 Å². The van der Waals surface area contributed by atoms with Crippen molar-refractivity contribution in [3.8, 4) is 0 Å². The first kappa shape index (κ1) is 15.5. The highest BCUT2D eigenvalue weighted by atomic mass is 16.4. The maximum absolute atomic E-state index is 12.2. The smallest absolute Gasteiger partial charge is 0.329 e. The van der Waals surface area contributed by atoms with Gasteiger partial charge in [0.2, 0.25) is 5.91 Å². The molecule has 1 saturated heterocycles. The Labute approximate surface area is 134 Å². The number of carboxylic acid groups (broad SMARTS) is 1. The zero-order valence-corrected chi connectivity index (χ0v) is 12.9. The average molecular weight is 316 g/mol. The lowest BCUT2D eigenvalue weighted by Crippen LogP contribution is -2.59. The van der Waals surface area contributed by atoms with E-state index in [1.54, 1.807) is 12.1 Å². The minimum atomic E-state index is -1.10. The van der Waals surface area contributed by atoms with Crippen LogP contribution in [0, 0.1) is 0 Å². The maximum Gasteiger partial charge on any atom is 0.329 e. The zero-order valence-electron chi connectivity index (χ0n) is 12.9. The van der Waals surface area contributed by atoms with Crippen LogP contribution in [0.25, 0.3) is 0 Å². The van der Waals surface area contributed by atoms with Crippen LogP contribution in [0.15, 0.2) is 24.3 Å². The van der Waals surface area contributed by atoms with Crippen LogP contribution in [0.4, 0.5) is 0 Å². The largest absolute Gasteiger partial charge is 0.480 e. The van der Waals surface area contributed by atoms with Gasteiger partial charge in [-0.3, -0.25) is 9.59 Å². The van der Waals surface area contributed by atoms with Gasteiger partial charge in [0.25, 0.3) is 5.91 Å². The Morgan fingerprint density at radius 1 is 1.17 bits per heavy atom. The SMILES string of the molecule is O=C(NC1(C(=O)O)CCC1)c1ccc(CN2CCCC2=O)cc1. The number of hydrogen-bond acceptors (Lipinski definition) is 3. The third-order valence-electron chi connectivity index (χ3n) is 4.73. The number of rotatable bonds is 5. The highest BCUT2D eigenvalue weighted by molar-refractivity contribution is 5.98. The summed E-state index contributed by atoms with van der Waals surface area (Å²) in [6.45, 7) is 1.34. The van der Waals surface area contributed by atoms with E-state index in [4.69, 9.17) is 0 Å². The summed E-state index contributed by atoms with van der Waals surface area (Å²) in [4.78, 5) is 37.0. The summed E-state index contributed by atoms with van der Waals surface area (Å²) in [6, 6.07) is 6.99. The average Bonchev–Trinajstić information content (AvgIpc) is 2.88. The summed E-state index contributed by atoms with van der Waals surface area (Å²) in [5.74, 6) is -1.17. The normalized spacial score (nSPS) is 19.3. The molecule has 2 aliphatic rings. The molecule has 2 amide bonds. The van der Waals surface area contributed by atoms with Gasteiger partial charge in [-0.1, -0.05) is 12.1 Å². The van der Waals surface area contributed by atoms with Gasteiger partial charge in [-0.2, -0.15) is 0 Å². The first-order valence-corrected chi connectivity index (χ1v) is 7.93. The molecule has 2 N–H and O–H groups in total. The number of carbonyl (C=O) groups is 3. The lowest BCUT2D eigenvalue weighted by atomic mass is 9.76. The van der Waals surface area contributed by atoms with Crippen molar-refractivity contribution < 1.29 is 19.5 Å². The predicted molar refractivity (Wildman–Crippen MR) is 82.8 cm³/mol. The van der Waals surface area contributed by atoms with Gasteiger partial charge >= 0.3 is 5.97 Å². The molecule has 1 aliphatic carbocycles. The molecule has 1 aromatic carbocycles. The minimum Gasteiger partial charge on any atom is -0.480 e. The fourth-order valence-corrected chi connectivity index (χ4v) is 3.07. The monoisotopic (exact) mass is 316 g/mol. The van der Waals surface area contributed by atoms with E-state index in [0.717, 1.165) is 24.9 Å². The second kappa shape index (κ2) is 6.02. The van der Waals surface area contributed by atoms with E-state index in [1.165, 1.54) is 0 Å². The number of carbonyl (C=O) groups excluding carboxylic acids is 2. The van der Waals surface area contributed by atoms with Gasteiger partial charge in [0.15, 0.2) is 0 Å². The Kier molecular flexibility index (Phi) is 4.07. The molecule has 0 aromatic heterocycles. The Hall–Kier alpha value is -2.37. The van der Waals surface area contributed by atoms with Gasteiger partial charge in [-0.25, -0.2) is 4.79 Å². The molecule has 6 nitrogen and oxygen atoms in total. The van der Waals surface area contributed by atoms with Crippen molar-refractivity contribution >= 4 is 17.8 Å². The highest BCUT2D eigenvalue weighted by Gasteiger charge is 2.45. The standard InChI is InChI=1S/C17H20N2O4/c20-14-3-1-10-19(14)11-12-4-6-13(7-5-12)15(21)18-17(16(22)23)8-2-9-17/h4-7H,1-3,8-11H2,(H,18,21)(H,22,23). The molecule has 1 heterocycles. The number of carboxylic acids is 1. The van der Waals surface area contributed by atoms with Crippen LogP contribution in [0.2, 0.25) is 0 Å². The summed E-state index contributed by atoms with van der Waals surface area (Å²) < 4.78 is 0.